The molecule has 17 heavy (non-hydrogen) atoms. The van der Waals surface area contributed by atoms with E-state index in [4.69, 9.17) is 5.84 Å². The quantitative estimate of drug-likeness (QED) is 0.612. The van der Waals surface area contributed by atoms with Crippen LogP contribution < -0.4 is 11.3 Å². The molecular weight excluding hydrogens is 250 g/mol. The van der Waals surface area contributed by atoms with Gasteiger partial charge in [0, 0.05) is 18.4 Å². The summed E-state index contributed by atoms with van der Waals surface area (Å²) < 4.78 is 47.9. The van der Waals surface area contributed by atoms with Crippen LogP contribution in [0.4, 0.5) is 8.78 Å². The molecule has 0 aliphatic rings. The first-order chi connectivity index (χ1) is 7.81. The number of sulfone groups is 1. The Balaban J connectivity index is 2.86. The van der Waals surface area contributed by atoms with E-state index in [0.29, 0.717) is 0 Å². The Kier molecular flexibility index (Phi) is 4.55. The third-order valence-corrected chi connectivity index (χ3v) is 3.24. The summed E-state index contributed by atoms with van der Waals surface area (Å²) in [5.41, 5.74) is 2.63. The lowest BCUT2D eigenvalue weighted by molar-refractivity contribution is 0.517. The van der Waals surface area contributed by atoms with Crippen LogP contribution in [0.1, 0.15) is 18.0 Å². The van der Waals surface area contributed by atoms with E-state index in [1.807, 2.05) is 0 Å². The number of nitrogens with two attached hydrogens (primary N) is 1. The van der Waals surface area contributed by atoms with Crippen LogP contribution in [-0.4, -0.2) is 20.4 Å². The summed E-state index contributed by atoms with van der Waals surface area (Å²) in [6, 6.07) is 2.38. The maximum Gasteiger partial charge on any atom is 0.147 e. The second kappa shape index (κ2) is 5.52. The van der Waals surface area contributed by atoms with Gasteiger partial charge in [-0.25, -0.2) is 17.2 Å². The van der Waals surface area contributed by atoms with Gasteiger partial charge < -0.3 is 0 Å². The molecule has 0 amide bonds. The first-order valence-electron chi connectivity index (χ1n) is 4.91. The van der Waals surface area contributed by atoms with Crippen molar-refractivity contribution in [3.63, 3.8) is 0 Å². The summed E-state index contributed by atoms with van der Waals surface area (Å²) in [5.74, 6) is 3.69. The predicted octanol–water partition coefficient (Wildman–Crippen LogP) is 0.904. The number of hydrogen-bond acceptors (Lipinski definition) is 4. The molecule has 0 bridgehead atoms. The molecule has 0 aromatic heterocycles. The van der Waals surface area contributed by atoms with Crippen molar-refractivity contribution in [3.8, 4) is 0 Å². The molecule has 1 rings (SSSR count). The normalized spacial score (nSPS) is 13.6. The topological polar surface area (TPSA) is 72.2 Å². The molecule has 96 valence electrons. The summed E-state index contributed by atoms with van der Waals surface area (Å²) >= 11 is 0. The molecule has 0 saturated carbocycles. The highest BCUT2D eigenvalue weighted by atomic mass is 32.2. The standard InChI is InChI=1S/C10H14F2N2O2S/c1-17(15,16)3-2-10(14-13)7-4-8(11)6-9(12)5-7/h4-6,10,14H,2-3,13H2,1H3. The molecule has 0 fully saturated rings. The Hall–Kier alpha value is -1.05. The summed E-state index contributed by atoms with van der Waals surface area (Å²) in [6.45, 7) is 0. The van der Waals surface area contributed by atoms with Gasteiger partial charge in [0.2, 0.25) is 0 Å². The Labute approximate surface area is 98.7 Å². The van der Waals surface area contributed by atoms with Gasteiger partial charge in [-0.1, -0.05) is 0 Å². The first kappa shape index (κ1) is 14.0. The molecule has 0 aliphatic heterocycles. The zero-order valence-corrected chi connectivity index (χ0v) is 10.1. The second-order valence-corrected chi connectivity index (χ2v) is 6.10. The molecule has 3 N–H and O–H groups in total. The van der Waals surface area contributed by atoms with Crippen LogP contribution >= 0.6 is 0 Å². The summed E-state index contributed by atoms with van der Waals surface area (Å²) in [4.78, 5) is 0. The van der Waals surface area contributed by atoms with Gasteiger partial charge in [0.1, 0.15) is 21.5 Å². The van der Waals surface area contributed by atoms with Gasteiger partial charge in [-0.2, -0.15) is 0 Å². The van der Waals surface area contributed by atoms with Gasteiger partial charge in [0.15, 0.2) is 0 Å². The second-order valence-electron chi connectivity index (χ2n) is 3.84. The number of rotatable bonds is 5. The van der Waals surface area contributed by atoms with Crippen LogP contribution in [0.25, 0.3) is 0 Å². The summed E-state index contributed by atoms with van der Waals surface area (Å²) in [7, 11) is -3.14. The molecule has 0 spiro atoms. The molecule has 0 saturated heterocycles. The van der Waals surface area contributed by atoms with Crippen LogP contribution in [0.5, 0.6) is 0 Å². The van der Waals surface area contributed by atoms with E-state index in [1.165, 1.54) is 0 Å². The fourth-order valence-electron chi connectivity index (χ4n) is 1.45. The van der Waals surface area contributed by atoms with Gasteiger partial charge in [0.05, 0.1) is 5.75 Å². The Morgan fingerprint density at radius 1 is 1.29 bits per heavy atom. The molecule has 1 unspecified atom stereocenters. The fourth-order valence-corrected chi connectivity index (χ4v) is 2.12. The van der Waals surface area contributed by atoms with Crippen molar-refractivity contribution in [1.29, 1.82) is 0 Å². The minimum Gasteiger partial charge on any atom is -0.271 e. The van der Waals surface area contributed by atoms with Crippen LogP contribution in [-0.2, 0) is 9.84 Å². The summed E-state index contributed by atoms with van der Waals surface area (Å²) in [6.07, 6.45) is 1.24. The van der Waals surface area contributed by atoms with Crippen molar-refractivity contribution in [2.75, 3.05) is 12.0 Å². The van der Waals surface area contributed by atoms with Crippen LogP contribution in [0.3, 0.4) is 0 Å². The average Bonchev–Trinajstić information content (AvgIpc) is 2.15. The number of hydrogen-bond donors (Lipinski definition) is 2. The molecule has 7 heteroatoms. The van der Waals surface area contributed by atoms with Crippen molar-refractivity contribution >= 4 is 9.84 Å². The van der Waals surface area contributed by atoms with Gasteiger partial charge in [-0.15, -0.1) is 0 Å². The Morgan fingerprint density at radius 3 is 2.24 bits per heavy atom. The van der Waals surface area contributed by atoms with Crippen LogP contribution in [0, 0.1) is 11.6 Å². The zero-order chi connectivity index (χ0) is 13.1. The average molecular weight is 264 g/mol. The van der Waals surface area contributed by atoms with E-state index < -0.39 is 27.5 Å². The van der Waals surface area contributed by atoms with Crippen LogP contribution in [0.2, 0.25) is 0 Å². The highest BCUT2D eigenvalue weighted by Crippen LogP contribution is 2.19. The number of halogens is 2. The molecule has 0 heterocycles. The number of benzene rings is 1. The van der Waals surface area contributed by atoms with Crippen LogP contribution in [0.15, 0.2) is 18.2 Å². The van der Waals surface area contributed by atoms with Crippen molar-refractivity contribution in [2.24, 2.45) is 5.84 Å². The van der Waals surface area contributed by atoms with E-state index in [9.17, 15) is 17.2 Å². The predicted molar refractivity (Wildman–Crippen MR) is 60.7 cm³/mol. The SMILES string of the molecule is CS(=O)(=O)CCC(NN)c1cc(F)cc(F)c1. The van der Waals surface area contributed by atoms with Gasteiger partial charge in [-0.05, 0) is 24.1 Å². The molecule has 0 radical (unpaired) electrons. The Bertz CT molecular complexity index is 471. The maximum absolute atomic E-state index is 13.0. The van der Waals surface area contributed by atoms with E-state index in [-0.39, 0.29) is 17.7 Å². The van der Waals surface area contributed by atoms with E-state index in [1.54, 1.807) is 0 Å². The minimum atomic E-state index is -3.14. The number of hydrazine groups is 1. The Morgan fingerprint density at radius 2 is 1.82 bits per heavy atom. The lowest BCUT2D eigenvalue weighted by atomic mass is 10.1. The van der Waals surface area contributed by atoms with E-state index in [2.05, 4.69) is 5.43 Å². The van der Waals surface area contributed by atoms with E-state index >= 15 is 0 Å². The van der Waals surface area contributed by atoms with Gasteiger partial charge in [-0.3, -0.25) is 11.3 Å². The molecule has 1 aromatic carbocycles. The maximum atomic E-state index is 13.0. The molecule has 1 aromatic rings. The lowest BCUT2D eigenvalue weighted by Gasteiger charge is -2.15. The molecular formula is C10H14F2N2O2S. The van der Waals surface area contributed by atoms with Gasteiger partial charge in [0.25, 0.3) is 0 Å². The molecule has 1 atom stereocenters. The highest BCUT2D eigenvalue weighted by Gasteiger charge is 2.14. The lowest BCUT2D eigenvalue weighted by Crippen LogP contribution is -2.29. The van der Waals surface area contributed by atoms with Crippen molar-refractivity contribution < 1.29 is 17.2 Å². The zero-order valence-electron chi connectivity index (χ0n) is 9.28. The van der Waals surface area contributed by atoms with Gasteiger partial charge >= 0.3 is 0 Å². The van der Waals surface area contributed by atoms with E-state index in [0.717, 1.165) is 24.5 Å². The highest BCUT2D eigenvalue weighted by molar-refractivity contribution is 7.90. The van der Waals surface area contributed by atoms with Crippen molar-refractivity contribution in [1.82, 2.24) is 5.43 Å². The van der Waals surface area contributed by atoms with Crippen molar-refractivity contribution in [3.05, 3.63) is 35.4 Å². The monoisotopic (exact) mass is 264 g/mol. The third-order valence-electron chi connectivity index (χ3n) is 2.27. The first-order valence-corrected chi connectivity index (χ1v) is 6.98. The largest absolute Gasteiger partial charge is 0.271 e. The molecule has 4 nitrogen and oxygen atoms in total. The minimum absolute atomic E-state index is 0.111. The molecule has 0 aliphatic carbocycles. The smallest absolute Gasteiger partial charge is 0.147 e. The third kappa shape index (κ3) is 4.76. The fraction of sp³-hybridized carbons (Fsp3) is 0.400. The van der Waals surface area contributed by atoms with Crippen molar-refractivity contribution in [2.45, 2.75) is 12.5 Å². The number of nitrogens with one attached hydrogen (secondary N) is 1. The summed E-state index contributed by atoms with van der Waals surface area (Å²) in [5, 5.41) is 0.